The van der Waals surface area contributed by atoms with Crippen LogP contribution in [0.5, 0.6) is 5.75 Å². The van der Waals surface area contributed by atoms with Crippen molar-refractivity contribution in [2.45, 2.75) is 26.2 Å². The lowest BCUT2D eigenvalue weighted by molar-refractivity contribution is 0.414. The van der Waals surface area contributed by atoms with E-state index in [2.05, 4.69) is 17.1 Å². The van der Waals surface area contributed by atoms with E-state index in [1.807, 2.05) is 78.6 Å². The lowest BCUT2D eigenvalue weighted by Crippen LogP contribution is -2.36. The van der Waals surface area contributed by atoms with Crippen LogP contribution in [0.15, 0.2) is 83.9 Å². The fourth-order valence-electron chi connectivity index (χ4n) is 3.62. The number of rotatable bonds is 8. The van der Waals surface area contributed by atoms with Crippen molar-refractivity contribution in [1.29, 1.82) is 10.8 Å². The van der Waals surface area contributed by atoms with Gasteiger partial charge in [0.15, 0.2) is 0 Å². The van der Waals surface area contributed by atoms with Gasteiger partial charge >= 0.3 is 0 Å². The van der Waals surface area contributed by atoms with Crippen LogP contribution in [-0.2, 0) is 6.42 Å². The Morgan fingerprint density at radius 1 is 0.906 bits per heavy atom. The maximum absolute atomic E-state index is 8.84. The van der Waals surface area contributed by atoms with Crippen molar-refractivity contribution < 1.29 is 4.74 Å². The second-order valence-electron chi connectivity index (χ2n) is 7.51. The van der Waals surface area contributed by atoms with Gasteiger partial charge < -0.3 is 4.74 Å². The minimum atomic E-state index is 0.432. The predicted molar refractivity (Wildman–Crippen MR) is 134 cm³/mol. The molecule has 0 radical (unpaired) electrons. The number of amidine groups is 2. The Balaban J connectivity index is 1.80. The highest BCUT2D eigenvalue weighted by Crippen LogP contribution is 2.25. The van der Waals surface area contributed by atoms with E-state index < -0.39 is 0 Å². The van der Waals surface area contributed by atoms with Gasteiger partial charge in [0.05, 0.1) is 18.5 Å². The maximum atomic E-state index is 8.84. The van der Waals surface area contributed by atoms with Gasteiger partial charge in [-0.15, -0.1) is 0 Å². The van der Waals surface area contributed by atoms with Gasteiger partial charge in [0, 0.05) is 24.6 Å². The van der Waals surface area contributed by atoms with Crippen molar-refractivity contribution in [1.82, 2.24) is 0 Å². The molecule has 3 rings (SSSR count). The zero-order chi connectivity index (χ0) is 22.9. The highest BCUT2D eigenvalue weighted by molar-refractivity contribution is 6.22. The van der Waals surface area contributed by atoms with Gasteiger partial charge in [-0.05, 0) is 43.5 Å². The molecule has 5 nitrogen and oxygen atoms in total. The average Bonchev–Trinajstić information content (AvgIpc) is 2.85. The number of nitrogens with zero attached hydrogens (tertiary/aromatic N) is 2. The quantitative estimate of drug-likeness (QED) is 0.344. The SMILES string of the molecule is CN=C(C)N(C(=N)CCCc1ccc(OC)cc1)c1ccccc1C(=N)c1ccccc1. The van der Waals surface area contributed by atoms with Crippen LogP contribution < -0.4 is 9.64 Å². The number of para-hydroxylation sites is 1. The van der Waals surface area contributed by atoms with E-state index in [1.54, 1.807) is 14.2 Å². The van der Waals surface area contributed by atoms with Gasteiger partial charge in [0.25, 0.3) is 0 Å². The molecule has 3 aromatic rings. The van der Waals surface area contributed by atoms with Crippen molar-refractivity contribution in [2.24, 2.45) is 4.99 Å². The van der Waals surface area contributed by atoms with E-state index in [9.17, 15) is 0 Å². The molecule has 0 amide bonds. The fourth-order valence-corrected chi connectivity index (χ4v) is 3.62. The molecule has 0 saturated heterocycles. The summed E-state index contributed by atoms with van der Waals surface area (Å²) in [4.78, 5) is 6.22. The molecule has 2 N–H and O–H groups in total. The first-order valence-electron chi connectivity index (χ1n) is 10.7. The summed E-state index contributed by atoms with van der Waals surface area (Å²) in [5, 5.41) is 17.6. The Labute approximate surface area is 190 Å². The van der Waals surface area contributed by atoms with Crippen LogP contribution in [0.25, 0.3) is 0 Å². The van der Waals surface area contributed by atoms with Crippen LogP contribution in [-0.4, -0.2) is 31.5 Å². The molecule has 164 valence electrons. The fraction of sp³-hybridized carbons (Fsp3) is 0.222. The molecule has 32 heavy (non-hydrogen) atoms. The van der Waals surface area contributed by atoms with E-state index in [0.717, 1.165) is 41.2 Å². The minimum absolute atomic E-state index is 0.432. The summed E-state index contributed by atoms with van der Waals surface area (Å²) in [5.41, 5.74) is 4.08. The lowest BCUT2D eigenvalue weighted by Gasteiger charge is -2.27. The largest absolute Gasteiger partial charge is 0.497 e. The third-order valence-electron chi connectivity index (χ3n) is 5.43. The Bertz CT molecular complexity index is 1090. The molecule has 0 spiro atoms. The molecule has 0 aliphatic heterocycles. The maximum Gasteiger partial charge on any atom is 0.118 e. The van der Waals surface area contributed by atoms with E-state index in [-0.39, 0.29) is 0 Å². The summed E-state index contributed by atoms with van der Waals surface area (Å²) in [5.74, 6) is 2.04. The Hall–Kier alpha value is -3.73. The Kier molecular flexibility index (Phi) is 7.92. The van der Waals surface area contributed by atoms with Gasteiger partial charge in [0.1, 0.15) is 17.4 Å². The summed E-state index contributed by atoms with van der Waals surface area (Å²) < 4.78 is 5.22. The van der Waals surface area contributed by atoms with Gasteiger partial charge in [-0.25, -0.2) is 0 Å². The van der Waals surface area contributed by atoms with Crippen LogP contribution in [0.3, 0.4) is 0 Å². The Morgan fingerprint density at radius 3 is 2.22 bits per heavy atom. The normalized spacial score (nSPS) is 11.2. The van der Waals surface area contributed by atoms with Gasteiger partial charge in [-0.1, -0.05) is 60.7 Å². The van der Waals surface area contributed by atoms with Gasteiger partial charge in [0.2, 0.25) is 0 Å². The smallest absolute Gasteiger partial charge is 0.118 e. The zero-order valence-corrected chi connectivity index (χ0v) is 18.9. The second-order valence-corrected chi connectivity index (χ2v) is 7.51. The number of aryl methyl sites for hydroxylation is 1. The highest BCUT2D eigenvalue weighted by atomic mass is 16.5. The molecule has 0 aliphatic carbocycles. The third kappa shape index (κ3) is 5.49. The molecule has 0 saturated carbocycles. The summed E-state index contributed by atoms with van der Waals surface area (Å²) in [6, 6.07) is 25.5. The first kappa shape index (κ1) is 22.9. The summed E-state index contributed by atoms with van der Waals surface area (Å²) in [7, 11) is 3.40. The molecule has 0 unspecified atom stereocenters. The van der Waals surface area contributed by atoms with Crippen LogP contribution >= 0.6 is 0 Å². The second kappa shape index (κ2) is 11.0. The zero-order valence-electron chi connectivity index (χ0n) is 18.9. The molecule has 0 atom stereocenters. The van der Waals surface area contributed by atoms with Crippen molar-refractivity contribution in [3.63, 3.8) is 0 Å². The summed E-state index contributed by atoms with van der Waals surface area (Å²) >= 11 is 0. The molecule has 0 aromatic heterocycles. The molecule has 0 fully saturated rings. The van der Waals surface area contributed by atoms with Crippen LogP contribution in [0.1, 0.15) is 36.5 Å². The molecular formula is C27H30N4O. The topological polar surface area (TPSA) is 72.5 Å². The number of methoxy groups -OCH3 is 1. The Morgan fingerprint density at radius 2 is 1.56 bits per heavy atom. The van der Waals surface area contributed by atoms with E-state index in [0.29, 0.717) is 18.0 Å². The van der Waals surface area contributed by atoms with E-state index in [4.69, 9.17) is 15.6 Å². The molecule has 0 heterocycles. The minimum Gasteiger partial charge on any atom is -0.497 e. The lowest BCUT2D eigenvalue weighted by atomic mass is 9.99. The number of aliphatic imine (C=N–C) groups is 1. The van der Waals surface area contributed by atoms with Crippen molar-refractivity contribution in [3.8, 4) is 5.75 Å². The first-order chi connectivity index (χ1) is 15.5. The van der Waals surface area contributed by atoms with Gasteiger partial charge in [-0.3, -0.25) is 20.7 Å². The molecule has 5 heteroatoms. The molecule has 3 aromatic carbocycles. The van der Waals surface area contributed by atoms with Crippen LogP contribution in [0.4, 0.5) is 5.69 Å². The number of ether oxygens (including phenoxy) is 1. The summed E-state index contributed by atoms with van der Waals surface area (Å²) in [6.45, 7) is 1.90. The molecular weight excluding hydrogens is 396 g/mol. The van der Waals surface area contributed by atoms with E-state index >= 15 is 0 Å². The monoisotopic (exact) mass is 426 g/mol. The van der Waals surface area contributed by atoms with Crippen LogP contribution in [0, 0.1) is 10.8 Å². The van der Waals surface area contributed by atoms with Crippen molar-refractivity contribution in [2.75, 3.05) is 19.1 Å². The number of nitrogens with one attached hydrogen (secondary N) is 2. The van der Waals surface area contributed by atoms with Crippen molar-refractivity contribution in [3.05, 3.63) is 95.6 Å². The average molecular weight is 427 g/mol. The first-order valence-corrected chi connectivity index (χ1v) is 10.7. The number of hydrogen-bond acceptors (Lipinski definition) is 4. The molecule has 0 bridgehead atoms. The van der Waals surface area contributed by atoms with Crippen LogP contribution in [0.2, 0.25) is 0 Å². The highest BCUT2D eigenvalue weighted by Gasteiger charge is 2.20. The van der Waals surface area contributed by atoms with Crippen molar-refractivity contribution >= 4 is 23.1 Å². The number of anilines is 1. The number of hydrogen-bond donors (Lipinski definition) is 2. The summed E-state index contributed by atoms with van der Waals surface area (Å²) in [6.07, 6.45) is 2.33. The van der Waals surface area contributed by atoms with E-state index in [1.165, 1.54) is 5.56 Å². The molecule has 0 aliphatic rings. The predicted octanol–water partition coefficient (Wildman–Crippen LogP) is 5.97. The number of benzene rings is 3. The standard InChI is InChI=1S/C27H30N4O/c1-20(30-2)31(26(28)15-9-10-21-16-18-23(32-3)19-17-21)25-14-8-7-13-24(25)27(29)22-11-5-4-6-12-22/h4-8,11-14,16-19,28-29H,9-10,15H2,1-3H3. The van der Waals surface area contributed by atoms with Gasteiger partial charge in [-0.2, -0.15) is 0 Å². The third-order valence-corrected chi connectivity index (χ3v) is 5.43.